The Labute approximate surface area is 80.6 Å². The van der Waals surface area contributed by atoms with E-state index in [2.05, 4.69) is 10.3 Å². The van der Waals surface area contributed by atoms with E-state index in [0.29, 0.717) is 5.69 Å². The van der Waals surface area contributed by atoms with Crippen molar-refractivity contribution >= 4 is 17.3 Å². The molecule has 1 aromatic heterocycles. The second kappa shape index (κ2) is 4.34. The maximum absolute atomic E-state index is 10.8. The SMILES string of the molecule is CC(C)NC(C(=O)O)c1cscn1. The first-order valence-electron chi connectivity index (χ1n) is 3.98. The summed E-state index contributed by atoms with van der Waals surface area (Å²) in [6, 6.07) is -0.561. The molecule has 1 unspecified atom stereocenters. The van der Waals surface area contributed by atoms with Crippen molar-refractivity contribution in [1.29, 1.82) is 0 Å². The lowest BCUT2D eigenvalue weighted by molar-refractivity contribution is -0.139. The van der Waals surface area contributed by atoms with Gasteiger partial charge in [0, 0.05) is 11.4 Å². The Bertz CT molecular complexity index is 272. The molecule has 1 atom stereocenters. The molecule has 0 amide bonds. The van der Waals surface area contributed by atoms with Crippen molar-refractivity contribution < 1.29 is 9.90 Å². The third kappa shape index (κ3) is 2.78. The van der Waals surface area contributed by atoms with Gasteiger partial charge < -0.3 is 5.11 Å². The van der Waals surface area contributed by atoms with Crippen molar-refractivity contribution in [3.05, 3.63) is 16.6 Å². The third-order valence-electron chi connectivity index (χ3n) is 1.49. The Morgan fingerprint density at radius 1 is 1.69 bits per heavy atom. The fourth-order valence-electron chi connectivity index (χ4n) is 0.981. The van der Waals surface area contributed by atoms with Crippen LogP contribution >= 0.6 is 11.3 Å². The van der Waals surface area contributed by atoms with Gasteiger partial charge in [0.15, 0.2) is 0 Å². The van der Waals surface area contributed by atoms with Crippen LogP contribution in [0.25, 0.3) is 0 Å². The van der Waals surface area contributed by atoms with Crippen molar-refractivity contribution in [2.24, 2.45) is 0 Å². The van der Waals surface area contributed by atoms with Crippen LogP contribution in [0.1, 0.15) is 25.6 Å². The van der Waals surface area contributed by atoms with Crippen LogP contribution < -0.4 is 5.32 Å². The molecule has 0 radical (unpaired) electrons. The number of hydrogen-bond donors (Lipinski definition) is 2. The van der Waals surface area contributed by atoms with E-state index < -0.39 is 12.0 Å². The number of aromatic nitrogens is 1. The largest absolute Gasteiger partial charge is 0.480 e. The van der Waals surface area contributed by atoms with E-state index >= 15 is 0 Å². The third-order valence-corrected chi connectivity index (χ3v) is 2.10. The lowest BCUT2D eigenvalue weighted by Gasteiger charge is -2.14. The fourth-order valence-corrected chi connectivity index (χ4v) is 1.56. The summed E-state index contributed by atoms with van der Waals surface area (Å²) in [7, 11) is 0. The molecule has 0 saturated heterocycles. The van der Waals surface area contributed by atoms with Crippen LogP contribution in [-0.2, 0) is 4.79 Å². The molecule has 4 nitrogen and oxygen atoms in total. The number of thiazole rings is 1. The van der Waals surface area contributed by atoms with Gasteiger partial charge in [-0.05, 0) is 13.8 Å². The minimum absolute atomic E-state index is 0.128. The second-order valence-corrected chi connectivity index (χ2v) is 3.72. The highest BCUT2D eigenvalue weighted by atomic mass is 32.1. The zero-order chi connectivity index (χ0) is 9.84. The van der Waals surface area contributed by atoms with Crippen LogP contribution in [0.15, 0.2) is 10.9 Å². The van der Waals surface area contributed by atoms with Gasteiger partial charge in [-0.3, -0.25) is 10.1 Å². The Kier molecular flexibility index (Phi) is 3.39. The summed E-state index contributed by atoms with van der Waals surface area (Å²) in [4.78, 5) is 14.8. The van der Waals surface area contributed by atoms with Crippen molar-refractivity contribution in [1.82, 2.24) is 10.3 Å². The maximum Gasteiger partial charge on any atom is 0.327 e. The topological polar surface area (TPSA) is 62.2 Å². The number of nitrogens with zero attached hydrogens (tertiary/aromatic N) is 1. The van der Waals surface area contributed by atoms with E-state index in [4.69, 9.17) is 5.11 Å². The highest BCUT2D eigenvalue weighted by Crippen LogP contribution is 2.13. The summed E-state index contributed by atoms with van der Waals surface area (Å²) in [5.41, 5.74) is 2.21. The van der Waals surface area contributed by atoms with Gasteiger partial charge in [-0.15, -0.1) is 11.3 Å². The number of carboxylic acid groups (broad SMARTS) is 1. The molecular formula is C8H12N2O2S. The first kappa shape index (κ1) is 10.1. The van der Waals surface area contributed by atoms with Crippen molar-refractivity contribution in [2.75, 3.05) is 0 Å². The smallest absolute Gasteiger partial charge is 0.327 e. The van der Waals surface area contributed by atoms with E-state index in [0.717, 1.165) is 0 Å². The highest BCUT2D eigenvalue weighted by molar-refractivity contribution is 7.07. The molecule has 13 heavy (non-hydrogen) atoms. The Morgan fingerprint density at radius 2 is 2.38 bits per heavy atom. The Balaban J connectivity index is 2.75. The zero-order valence-electron chi connectivity index (χ0n) is 7.52. The van der Waals surface area contributed by atoms with Crippen molar-refractivity contribution in [2.45, 2.75) is 25.9 Å². The van der Waals surface area contributed by atoms with Crippen LogP contribution in [0.3, 0.4) is 0 Å². The fraction of sp³-hybridized carbons (Fsp3) is 0.500. The van der Waals surface area contributed by atoms with Gasteiger partial charge in [0.25, 0.3) is 0 Å². The lowest BCUT2D eigenvalue weighted by atomic mass is 10.2. The maximum atomic E-state index is 10.8. The summed E-state index contributed by atoms with van der Waals surface area (Å²) < 4.78 is 0. The number of carboxylic acids is 1. The van der Waals surface area contributed by atoms with Crippen LogP contribution in [0.2, 0.25) is 0 Å². The first-order chi connectivity index (χ1) is 6.11. The van der Waals surface area contributed by atoms with Crippen LogP contribution in [0.5, 0.6) is 0 Å². The Hall–Kier alpha value is -0.940. The molecule has 2 N–H and O–H groups in total. The number of rotatable bonds is 4. The molecule has 0 aliphatic rings. The zero-order valence-corrected chi connectivity index (χ0v) is 8.34. The van der Waals surface area contributed by atoms with E-state index in [-0.39, 0.29) is 6.04 Å². The minimum atomic E-state index is -0.889. The van der Waals surface area contributed by atoms with Gasteiger partial charge in [-0.25, -0.2) is 4.98 Å². The van der Waals surface area contributed by atoms with E-state index in [1.807, 2.05) is 13.8 Å². The summed E-state index contributed by atoms with van der Waals surface area (Å²) in [5, 5.41) is 13.6. The lowest BCUT2D eigenvalue weighted by Crippen LogP contribution is -2.33. The number of aliphatic carboxylic acids is 1. The predicted molar refractivity (Wildman–Crippen MR) is 50.8 cm³/mol. The van der Waals surface area contributed by atoms with Crippen LogP contribution in [0, 0.1) is 0 Å². The molecule has 0 spiro atoms. The molecule has 0 aliphatic heterocycles. The van der Waals surface area contributed by atoms with E-state index in [9.17, 15) is 4.79 Å². The summed E-state index contributed by atoms with van der Waals surface area (Å²) in [6.45, 7) is 3.81. The second-order valence-electron chi connectivity index (χ2n) is 3.01. The van der Waals surface area contributed by atoms with Crippen molar-refractivity contribution in [3.8, 4) is 0 Å². The molecule has 1 rings (SSSR count). The van der Waals surface area contributed by atoms with Gasteiger partial charge in [0.1, 0.15) is 6.04 Å². The first-order valence-corrected chi connectivity index (χ1v) is 4.92. The summed E-state index contributed by atoms with van der Waals surface area (Å²) >= 11 is 1.40. The van der Waals surface area contributed by atoms with Gasteiger partial charge in [-0.1, -0.05) is 0 Å². The molecule has 1 heterocycles. The molecule has 5 heteroatoms. The highest BCUT2D eigenvalue weighted by Gasteiger charge is 2.21. The van der Waals surface area contributed by atoms with Gasteiger partial charge in [0.05, 0.1) is 11.2 Å². The van der Waals surface area contributed by atoms with Crippen LogP contribution in [0.4, 0.5) is 0 Å². The normalized spacial score (nSPS) is 13.2. The quantitative estimate of drug-likeness (QED) is 0.768. The van der Waals surface area contributed by atoms with Gasteiger partial charge in [-0.2, -0.15) is 0 Å². The molecule has 72 valence electrons. The molecule has 0 aromatic carbocycles. The number of hydrogen-bond acceptors (Lipinski definition) is 4. The van der Waals surface area contributed by atoms with Crippen molar-refractivity contribution in [3.63, 3.8) is 0 Å². The standard InChI is InChI=1S/C8H12N2O2S/c1-5(2)10-7(8(11)12)6-3-13-4-9-6/h3-5,7,10H,1-2H3,(H,11,12). The minimum Gasteiger partial charge on any atom is -0.480 e. The molecule has 0 bridgehead atoms. The Morgan fingerprint density at radius 3 is 2.77 bits per heavy atom. The summed E-state index contributed by atoms with van der Waals surface area (Å²) in [5.74, 6) is -0.889. The molecule has 0 fully saturated rings. The predicted octanol–water partition coefficient (Wildman–Crippen LogP) is 1.27. The molecular weight excluding hydrogens is 188 g/mol. The number of carbonyl (C=O) groups is 1. The average Bonchev–Trinajstić information content (AvgIpc) is 2.50. The summed E-state index contributed by atoms with van der Waals surface area (Å²) in [6.07, 6.45) is 0. The van der Waals surface area contributed by atoms with E-state index in [1.54, 1.807) is 10.9 Å². The monoisotopic (exact) mass is 200 g/mol. The van der Waals surface area contributed by atoms with E-state index in [1.165, 1.54) is 11.3 Å². The van der Waals surface area contributed by atoms with Crippen LogP contribution in [-0.4, -0.2) is 22.1 Å². The average molecular weight is 200 g/mol. The van der Waals surface area contributed by atoms with Gasteiger partial charge in [0.2, 0.25) is 0 Å². The molecule has 1 aromatic rings. The van der Waals surface area contributed by atoms with Gasteiger partial charge >= 0.3 is 5.97 Å². The number of nitrogens with one attached hydrogen (secondary N) is 1. The molecule has 0 saturated carbocycles. The molecule has 0 aliphatic carbocycles.